The average molecular weight is 353 g/mol. The van der Waals surface area contributed by atoms with Crippen LogP contribution in [0.1, 0.15) is 12.8 Å². The zero-order chi connectivity index (χ0) is 18.1. The maximum Gasteiger partial charge on any atom is 0.321 e. The third kappa shape index (κ3) is 3.14. The Hall–Kier alpha value is -2.89. The molecule has 2 heterocycles. The lowest BCUT2D eigenvalue weighted by molar-refractivity contribution is -0.117. The number of nitrogens with one attached hydrogen (secondary N) is 1. The third-order valence-electron chi connectivity index (χ3n) is 5.19. The number of para-hydroxylation sites is 1. The molecule has 2 saturated heterocycles. The minimum Gasteiger partial charge on any atom is -0.324 e. The molecule has 26 heavy (non-hydrogen) atoms. The number of nitrogens with zero attached hydrogens (tertiary/aromatic N) is 2. The van der Waals surface area contributed by atoms with Gasteiger partial charge in [-0.1, -0.05) is 24.3 Å². The van der Waals surface area contributed by atoms with Gasteiger partial charge in [0.05, 0.1) is 0 Å². The van der Waals surface area contributed by atoms with Crippen molar-refractivity contribution in [1.29, 1.82) is 0 Å². The van der Waals surface area contributed by atoms with Crippen molar-refractivity contribution in [3.63, 3.8) is 0 Å². The SMILES string of the molecule is O=C(Nc1ccccc1)N1CC[C@]2(CC(=O)N(c3cccc(F)c3)C2)C1. The molecule has 1 spiro atoms. The Morgan fingerprint density at radius 1 is 1.08 bits per heavy atom. The van der Waals surface area contributed by atoms with Crippen molar-refractivity contribution in [3.8, 4) is 0 Å². The second-order valence-corrected chi connectivity index (χ2v) is 7.10. The third-order valence-corrected chi connectivity index (χ3v) is 5.19. The van der Waals surface area contributed by atoms with Crippen molar-refractivity contribution in [1.82, 2.24) is 4.90 Å². The molecule has 0 unspecified atom stereocenters. The first kappa shape index (κ1) is 16.6. The zero-order valence-electron chi connectivity index (χ0n) is 14.3. The van der Waals surface area contributed by atoms with Crippen LogP contribution in [0.15, 0.2) is 54.6 Å². The quantitative estimate of drug-likeness (QED) is 0.899. The molecule has 0 radical (unpaired) electrons. The molecule has 2 fully saturated rings. The second-order valence-electron chi connectivity index (χ2n) is 7.10. The van der Waals surface area contributed by atoms with Crippen LogP contribution in [0.25, 0.3) is 0 Å². The Morgan fingerprint density at radius 3 is 2.65 bits per heavy atom. The molecule has 0 saturated carbocycles. The fraction of sp³-hybridized carbons (Fsp3) is 0.300. The number of halogens is 1. The van der Waals surface area contributed by atoms with Gasteiger partial charge in [-0.3, -0.25) is 4.79 Å². The first-order chi connectivity index (χ1) is 12.5. The van der Waals surface area contributed by atoms with E-state index < -0.39 is 0 Å². The van der Waals surface area contributed by atoms with Crippen molar-refractivity contribution in [2.75, 3.05) is 29.9 Å². The van der Waals surface area contributed by atoms with Gasteiger partial charge in [-0.25, -0.2) is 9.18 Å². The topological polar surface area (TPSA) is 52.7 Å². The summed E-state index contributed by atoms with van der Waals surface area (Å²) in [4.78, 5) is 28.4. The average Bonchev–Trinajstić information content (AvgIpc) is 3.19. The molecular formula is C20H20FN3O2. The van der Waals surface area contributed by atoms with E-state index >= 15 is 0 Å². The minimum atomic E-state index is -0.355. The number of likely N-dealkylation sites (tertiary alicyclic amines) is 1. The number of amides is 3. The molecule has 5 nitrogen and oxygen atoms in total. The number of urea groups is 1. The highest BCUT2D eigenvalue weighted by Gasteiger charge is 2.48. The van der Waals surface area contributed by atoms with Crippen molar-refractivity contribution in [2.45, 2.75) is 12.8 Å². The van der Waals surface area contributed by atoms with E-state index in [4.69, 9.17) is 0 Å². The van der Waals surface area contributed by atoms with Crippen LogP contribution in [0.2, 0.25) is 0 Å². The molecule has 2 aromatic carbocycles. The summed E-state index contributed by atoms with van der Waals surface area (Å²) in [5.74, 6) is -0.368. The fourth-order valence-electron chi connectivity index (χ4n) is 3.88. The lowest BCUT2D eigenvalue weighted by Gasteiger charge is -2.24. The lowest BCUT2D eigenvalue weighted by Crippen LogP contribution is -2.36. The summed E-state index contributed by atoms with van der Waals surface area (Å²) in [6.45, 7) is 1.66. The number of hydrogen-bond acceptors (Lipinski definition) is 2. The summed E-state index contributed by atoms with van der Waals surface area (Å²) in [5.41, 5.74) is 1.08. The summed E-state index contributed by atoms with van der Waals surface area (Å²) < 4.78 is 13.5. The number of hydrogen-bond donors (Lipinski definition) is 1. The van der Waals surface area contributed by atoms with E-state index in [1.165, 1.54) is 12.1 Å². The van der Waals surface area contributed by atoms with Gasteiger partial charge in [0.25, 0.3) is 0 Å². The smallest absolute Gasteiger partial charge is 0.321 e. The Kier molecular flexibility index (Phi) is 4.11. The maximum absolute atomic E-state index is 13.5. The van der Waals surface area contributed by atoms with E-state index in [2.05, 4.69) is 5.32 Å². The summed E-state index contributed by atoms with van der Waals surface area (Å²) in [6.07, 6.45) is 1.16. The summed E-state index contributed by atoms with van der Waals surface area (Å²) >= 11 is 0. The van der Waals surface area contributed by atoms with Gasteiger partial charge in [-0.2, -0.15) is 0 Å². The van der Waals surface area contributed by atoms with Crippen LogP contribution in [-0.4, -0.2) is 36.5 Å². The highest BCUT2D eigenvalue weighted by atomic mass is 19.1. The van der Waals surface area contributed by atoms with Crippen LogP contribution in [0, 0.1) is 11.2 Å². The van der Waals surface area contributed by atoms with Crippen LogP contribution in [0.5, 0.6) is 0 Å². The molecule has 0 aromatic heterocycles. The van der Waals surface area contributed by atoms with E-state index in [-0.39, 0.29) is 23.2 Å². The Bertz CT molecular complexity index is 842. The number of carbonyl (C=O) groups is 2. The normalized spacial score (nSPS) is 22.3. The molecule has 1 N–H and O–H groups in total. The van der Waals surface area contributed by atoms with Gasteiger partial charge in [0.15, 0.2) is 0 Å². The van der Waals surface area contributed by atoms with Gasteiger partial charge in [0.2, 0.25) is 5.91 Å². The fourth-order valence-corrected chi connectivity index (χ4v) is 3.88. The summed E-state index contributed by atoms with van der Waals surface area (Å²) in [7, 11) is 0. The molecule has 1 atom stereocenters. The number of rotatable bonds is 2. The second kappa shape index (κ2) is 6.44. The van der Waals surface area contributed by atoms with Crippen LogP contribution in [0.3, 0.4) is 0 Å². The van der Waals surface area contributed by atoms with Crippen LogP contribution in [0.4, 0.5) is 20.6 Å². The summed E-state index contributed by atoms with van der Waals surface area (Å²) in [6, 6.07) is 15.3. The van der Waals surface area contributed by atoms with Gasteiger partial charge >= 0.3 is 6.03 Å². The van der Waals surface area contributed by atoms with E-state index in [1.54, 1.807) is 21.9 Å². The molecule has 2 aliphatic heterocycles. The monoisotopic (exact) mass is 353 g/mol. The largest absolute Gasteiger partial charge is 0.324 e. The molecule has 2 aliphatic rings. The van der Waals surface area contributed by atoms with Crippen molar-refractivity contribution in [3.05, 3.63) is 60.4 Å². The van der Waals surface area contributed by atoms with Gasteiger partial charge < -0.3 is 15.1 Å². The molecular weight excluding hydrogens is 333 g/mol. The predicted molar refractivity (Wildman–Crippen MR) is 97.5 cm³/mol. The van der Waals surface area contributed by atoms with Crippen molar-refractivity contribution in [2.24, 2.45) is 5.41 Å². The molecule has 3 amide bonds. The van der Waals surface area contributed by atoms with Crippen LogP contribution >= 0.6 is 0 Å². The number of carbonyl (C=O) groups excluding carboxylic acids is 2. The molecule has 4 rings (SSSR count). The maximum atomic E-state index is 13.5. The van der Waals surface area contributed by atoms with Crippen molar-refractivity contribution >= 4 is 23.3 Å². The van der Waals surface area contributed by atoms with Gasteiger partial charge in [0, 0.05) is 42.8 Å². The number of benzene rings is 2. The molecule has 6 heteroatoms. The highest BCUT2D eigenvalue weighted by molar-refractivity contribution is 5.97. The van der Waals surface area contributed by atoms with E-state index in [1.807, 2.05) is 30.3 Å². The first-order valence-electron chi connectivity index (χ1n) is 8.72. The Morgan fingerprint density at radius 2 is 1.88 bits per heavy atom. The minimum absolute atomic E-state index is 0.0130. The number of anilines is 2. The van der Waals surface area contributed by atoms with Gasteiger partial charge in [-0.15, -0.1) is 0 Å². The highest BCUT2D eigenvalue weighted by Crippen LogP contribution is 2.42. The van der Waals surface area contributed by atoms with E-state index in [0.717, 1.165) is 12.1 Å². The van der Waals surface area contributed by atoms with E-state index in [9.17, 15) is 14.0 Å². The first-order valence-corrected chi connectivity index (χ1v) is 8.72. The molecule has 134 valence electrons. The standard InChI is InChI=1S/C20H20FN3O2/c21-15-5-4-8-17(11-15)24-14-20(12-18(24)25)9-10-23(13-20)19(26)22-16-6-2-1-3-7-16/h1-8,11H,9-10,12-14H2,(H,22,26)/t20-/m0/s1. The van der Waals surface area contributed by atoms with Crippen LogP contribution in [-0.2, 0) is 4.79 Å². The van der Waals surface area contributed by atoms with E-state index in [0.29, 0.717) is 31.7 Å². The van der Waals surface area contributed by atoms with Gasteiger partial charge in [0.1, 0.15) is 5.82 Å². The molecule has 2 aromatic rings. The van der Waals surface area contributed by atoms with Gasteiger partial charge in [-0.05, 0) is 36.8 Å². The molecule has 0 bridgehead atoms. The zero-order valence-corrected chi connectivity index (χ0v) is 14.3. The molecule has 0 aliphatic carbocycles. The van der Waals surface area contributed by atoms with Crippen LogP contribution < -0.4 is 10.2 Å². The Labute approximate surface area is 151 Å². The summed E-state index contributed by atoms with van der Waals surface area (Å²) in [5, 5.41) is 2.89. The lowest BCUT2D eigenvalue weighted by atomic mass is 9.86. The predicted octanol–water partition coefficient (Wildman–Crippen LogP) is 3.49. The van der Waals surface area contributed by atoms with Crippen molar-refractivity contribution < 1.29 is 14.0 Å². The Balaban J connectivity index is 1.44.